The van der Waals surface area contributed by atoms with Crippen LogP contribution in [0.4, 0.5) is 11.8 Å². The summed E-state index contributed by atoms with van der Waals surface area (Å²) < 4.78 is 10.8. The first-order valence-electron chi connectivity index (χ1n) is 8.22. The maximum absolute atomic E-state index is 5.82. The van der Waals surface area contributed by atoms with Gasteiger partial charge < -0.3 is 19.3 Å². The van der Waals surface area contributed by atoms with E-state index in [0.717, 1.165) is 17.9 Å². The van der Waals surface area contributed by atoms with Gasteiger partial charge in [-0.05, 0) is 12.1 Å². The van der Waals surface area contributed by atoms with Crippen LogP contribution in [0.5, 0.6) is 0 Å². The number of hydrogen-bond acceptors (Lipinski definition) is 9. The highest BCUT2D eigenvalue weighted by molar-refractivity contribution is 5.48. The Hall–Kier alpha value is -2.33. The van der Waals surface area contributed by atoms with Crippen LogP contribution in [0.3, 0.4) is 0 Å². The van der Waals surface area contributed by atoms with E-state index in [-0.39, 0.29) is 6.10 Å². The Morgan fingerprint density at radius 1 is 1.40 bits per heavy atom. The van der Waals surface area contributed by atoms with Gasteiger partial charge >= 0.3 is 0 Å². The van der Waals surface area contributed by atoms with Gasteiger partial charge in [0, 0.05) is 39.5 Å². The third-order valence-electron chi connectivity index (χ3n) is 3.96. The van der Waals surface area contributed by atoms with E-state index in [1.807, 2.05) is 32.1 Å². The molecular formula is C15H24N8O2. The van der Waals surface area contributed by atoms with Gasteiger partial charge in [-0.15, -0.1) is 10.2 Å². The molecule has 2 aromatic heterocycles. The minimum absolute atomic E-state index is 0.252. The number of methoxy groups -OCH3 is 1. The lowest BCUT2D eigenvalue weighted by atomic mass is 10.2. The van der Waals surface area contributed by atoms with Gasteiger partial charge in [-0.25, -0.2) is 4.98 Å². The molecule has 136 valence electrons. The predicted octanol–water partition coefficient (Wildman–Crippen LogP) is 0.0618. The monoisotopic (exact) mass is 348 g/mol. The molecule has 0 radical (unpaired) electrons. The maximum atomic E-state index is 5.82. The Balaban J connectivity index is 1.73. The molecule has 3 heterocycles. The number of morpholine rings is 1. The van der Waals surface area contributed by atoms with Crippen molar-refractivity contribution in [1.82, 2.24) is 30.2 Å². The summed E-state index contributed by atoms with van der Waals surface area (Å²) in [5.41, 5.74) is 1.04. The fraction of sp³-hybridized carbons (Fsp3) is 0.667. The molecule has 10 nitrogen and oxygen atoms in total. The molecule has 10 heteroatoms. The summed E-state index contributed by atoms with van der Waals surface area (Å²) in [6.45, 7) is 4.98. The smallest absolute Gasteiger partial charge is 0.227 e. The van der Waals surface area contributed by atoms with Crippen LogP contribution in [0.25, 0.3) is 0 Å². The zero-order valence-electron chi connectivity index (χ0n) is 15.1. The molecule has 0 N–H and O–H groups in total. The third-order valence-corrected chi connectivity index (χ3v) is 3.96. The van der Waals surface area contributed by atoms with Crippen molar-refractivity contribution in [2.45, 2.75) is 19.6 Å². The first kappa shape index (κ1) is 17.5. The summed E-state index contributed by atoms with van der Waals surface area (Å²) in [5, 5.41) is 12.5. The molecule has 0 spiro atoms. The first-order valence-corrected chi connectivity index (χ1v) is 8.22. The van der Waals surface area contributed by atoms with Crippen molar-refractivity contribution in [3.63, 3.8) is 0 Å². The average Bonchev–Trinajstić information content (AvgIpc) is 3.09. The Morgan fingerprint density at radius 2 is 2.24 bits per heavy atom. The summed E-state index contributed by atoms with van der Waals surface area (Å²) >= 11 is 0. The second-order valence-electron chi connectivity index (χ2n) is 6.11. The summed E-state index contributed by atoms with van der Waals surface area (Å²) in [6, 6.07) is 0. The van der Waals surface area contributed by atoms with Crippen molar-refractivity contribution in [2.24, 2.45) is 0 Å². The summed E-state index contributed by atoms with van der Waals surface area (Å²) in [5.74, 6) is 2.17. The van der Waals surface area contributed by atoms with Crippen molar-refractivity contribution in [3.05, 3.63) is 17.6 Å². The lowest BCUT2D eigenvalue weighted by molar-refractivity contribution is 0.0332. The summed E-state index contributed by atoms with van der Waals surface area (Å²) in [6.07, 6.45) is 1.60. The first-order chi connectivity index (χ1) is 12.1. The van der Waals surface area contributed by atoms with Gasteiger partial charge in [-0.1, -0.05) is 0 Å². The Labute approximate surface area is 146 Å². The van der Waals surface area contributed by atoms with Crippen LogP contribution in [0.1, 0.15) is 17.5 Å². The van der Waals surface area contributed by atoms with Gasteiger partial charge in [-0.2, -0.15) is 9.78 Å². The zero-order valence-corrected chi connectivity index (χ0v) is 15.1. The molecule has 1 atom stereocenters. The highest BCUT2D eigenvalue weighted by Gasteiger charge is 2.27. The molecule has 0 aliphatic carbocycles. The van der Waals surface area contributed by atoms with Crippen LogP contribution in [-0.2, 0) is 16.0 Å². The standard InChI is InChI=1S/C15H24N8O2/c1-11-9-16-15(17-14(11)21(2)3)22-5-8-25-12(10-22)13-18-20-23(19-13)6-7-24-4/h9,12H,5-8,10H2,1-4H3. The topological polar surface area (TPSA) is 94.3 Å². The molecule has 1 unspecified atom stereocenters. The van der Waals surface area contributed by atoms with Gasteiger partial charge in [-0.3, -0.25) is 0 Å². The molecule has 0 aromatic carbocycles. The van der Waals surface area contributed by atoms with Crippen molar-refractivity contribution >= 4 is 11.8 Å². The van der Waals surface area contributed by atoms with E-state index < -0.39 is 0 Å². The Kier molecular flexibility index (Phi) is 5.39. The van der Waals surface area contributed by atoms with E-state index in [0.29, 0.717) is 38.1 Å². The predicted molar refractivity (Wildman–Crippen MR) is 91.7 cm³/mol. The van der Waals surface area contributed by atoms with Crippen molar-refractivity contribution in [3.8, 4) is 0 Å². The molecular weight excluding hydrogens is 324 g/mol. The summed E-state index contributed by atoms with van der Waals surface area (Å²) in [4.78, 5) is 14.8. The van der Waals surface area contributed by atoms with Crippen LogP contribution >= 0.6 is 0 Å². The molecule has 3 rings (SSSR count). The molecule has 1 saturated heterocycles. The number of nitrogens with zero attached hydrogens (tertiary/aromatic N) is 8. The molecule has 1 aliphatic rings. The Morgan fingerprint density at radius 3 is 3.00 bits per heavy atom. The SMILES string of the molecule is COCCn1nnc(C2CN(c3ncc(C)c(N(C)C)n3)CCO2)n1. The molecule has 0 amide bonds. The number of rotatable bonds is 6. The third kappa shape index (κ3) is 4.02. The fourth-order valence-corrected chi connectivity index (χ4v) is 2.67. The second kappa shape index (κ2) is 7.70. The van der Waals surface area contributed by atoms with Crippen LogP contribution in [-0.4, -0.2) is 77.7 Å². The quantitative estimate of drug-likeness (QED) is 0.718. The second-order valence-corrected chi connectivity index (χ2v) is 6.11. The highest BCUT2D eigenvalue weighted by Crippen LogP contribution is 2.23. The molecule has 0 bridgehead atoms. The maximum Gasteiger partial charge on any atom is 0.227 e. The van der Waals surface area contributed by atoms with Crippen molar-refractivity contribution in [2.75, 3.05) is 57.3 Å². The lowest BCUT2D eigenvalue weighted by Gasteiger charge is -2.32. The zero-order chi connectivity index (χ0) is 17.8. The van der Waals surface area contributed by atoms with Gasteiger partial charge in [0.1, 0.15) is 11.9 Å². The minimum atomic E-state index is -0.252. The molecule has 25 heavy (non-hydrogen) atoms. The highest BCUT2D eigenvalue weighted by atomic mass is 16.5. The van der Waals surface area contributed by atoms with Crippen molar-refractivity contribution < 1.29 is 9.47 Å². The number of aromatic nitrogens is 6. The average molecular weight is 348 g/mol. The van der Waals surface area contributed by atoms with Crippen LogP contribution < -0.4 is 9.80 Å². The van der Waals surface area contributed by atoms with E-state index in [1.165, 1.54) is 4.80 Å². The van der Waals surface area contributed by atoms with E-state index >= 15 is 0 Å². The number of hydrogen-bond donors (Lipinski definition) is 0. The largest absolute Gasteiger partial charge is 0.383 e. The molecule has 1 fully saturated rings. The molecule has 1 aliphatic heterocycles. The van der Waals surface area contributed by atoms with Crippen molar-refractivity contribution in [1.29, 1.82) is 0 Å². The van der Waals surface area contributed by atoms with Gasteiger partial charge in [0.15, 0.2) is 0 Å². The molecule has 0 saturated carbocycles. The van der Waals surface area contributed by atoms with Gasteiger partial charge in [0.2, 0.25) is 11.8 Å². The van der Waals surface area contributed by atoms with Crippen LogP contribution in [0, 0.1) is 6.92 Å². The van der Waals surface area contributed by atoms with Crippen LogP contribution in [0.15, 0.2) is 6.20 Å². The number of tetrazole rings is 1. The minimum Gasteiger partial charge on any atom is -0.383 e. The van der Waals surface area contributed by atoms with E-state index in [1.54, 1.807) is 7.11 Å². The van der Waals surface area contributed by atoms with E-state index in [4.69, 9.17) is 9.47 Å². The fourth-order valence-electron chi connectivity index (χ4n) is 2.67. The molecule has 2 aromatic rings. The normalized spacial score (nSPS) is 17.8. The Bertz CT molecular complexity index is 705. The van der Waals surface area contributed by atoms with Gasteiger partial charge in [0.25, 0.3) is 0 Å². The number of ether oxygens (including phenoxy) is 2. The van der Waals surface area contributed by atoms with E-state index in [9.17, 15) is 0 Å². The number of aryl methyl sites for hydroxylation is 1. The summed E-state index contributed by atoms with van der Waals surface area (Å²) in [7, 11) is 5.59. The lowest BCUT2D eigenvalue weighted by Crippen LogP contribution is -2.40. The van der Waals surface area contributed by atoms with Crippen LogP contribution in [0.2, 0.25) is 0 Å². The van der Waals surface area contributed by atoms with E-state index in [2.05, 4.69) is 30.3 Å². The number of anilines is 2. The van der Waals surface area contributed by atoms with Gasteiger partial charge in [0.05, 0.1) is 26.3 Å².